The van der Waals surface area contributed by atoms with E-state index in [1.165, 1.54) is 0 Å². The first-order valence-electron chi connectivity index (χ1n) is 7.70. The average molecular weight is 313 g/mol. The van der Waals surface area contributed by atoms with Crippen molar-refractivity contribution in [1.82, 2.24) is 20.0 Å². The van der Waals surface area contributed by atoms with Crippen LogP contribution in [-0.4, -0.2) is 46.8 Å². The van der Waals surface area contributed by atoms with E-state index in [2.05, 4.69) is 24.3 Å². The van der Waals surface area contributed by atoms with Crippen LogP contribution in [0.2, 0.25) is 0 Å². The summed E-state index contributed by atoms with van der Waals surface area (Å²) in [6.45, 7) is 8.12. The van der Waals surface area contributed by atoms with Gasteiger partial charge in [0.05, 0.1) is 0 Å². The Kier molecular flexibility index (Phi) is 5.27. The molecule has 2 aliphatic rings. The topological polar surface area (TPSA) is 50.2 Å². The van der Waals surface area contributed by atoms with Crippen molar-refractivity contribution in [3.05, 3.63) is 18.0 Å². The van der Waals surface area contributed by atoms with Gasteiger partial charge in [-0.25, -0.2) is 0 Å². The van der Waals surface area contributed by atoms with Crippen LogP contribution >= 0.6 is 12.4 Å². The Hall–Kier alpha value is -1.07. The number of rotatable bonds is 2. The molecule has 6 heteroatoms. The van der Waals surface area contributed by atoms with E-state index >= 15 is 0 Å². The van der Waals surface area contributed by atoms with Gasteiger partial charge in [0.15, 0.2) is 0 Å². The number of amides is 1. The Morgan fingerprint density at radius 1 is 1.29 bits per heavy atom. The van der Waals surface area contributed by atoms with E-state index in [1.54, 1.807) is 0 Å². The molecule has 0 spiro atoms. The fraction of sp³-hybridized carbons (Fsp3) is 0.733. The predicted octanol–water partition coefficient (Wildman–Crippen LogP) is 1.96. The van der Waals surface area contributed by atoms with Crippen LogP contribution in [0.3, 0.4) is 0 Å². The molecule has 2 saturated heterocycles. The number of carbonyl (C=O) groups excluding carboxylic acids is 1. The van der Waals surface area contributed by atoms with Gasteiger partial charge in [-0.3, -0.25) is 9.48 Å². The highest BCUT2D eigenvalue weighted by molar-refractivity contribution is 5.92. The Labute approximate surface area is 132 Å². The van der Waals surface area contributed by atoms with E-state index in [0.717, 1.165) is 50.9 Å². The molecule has 3 rings (SSSR count). The van der Waals surface area contributed by atoms with Crippen molar-refractivity contribution in [1.29, 1.82) is 0 Å². The van der Waals surface area contributed by atoms with Crippen LogP contribution in [0.5, 0.6) is 0 Å². The van der Waals surface area contributed by atoms with Gasteiger partial charge in [0.1, 0.15) is 5.69 Å². The van der Waals surface area contributed by atoms with Crippen molar-refractivity contribution in [2.24, 2.45) is 11.8 Å². The van der Waals surface area contributed by atoms with Crippen LogP contribution in [-0.2, 0) is 0 Å². The minimum absolute atomic E-state index is 0. The lowest BCUT2D eigenvalue weighted by Crippen LogP contribution is -2.33. The lowest BCUT2D eigenvalue weighted by molar-refractivity contribution is 0.0751. The lowest BCUT2D eigenvalue weighted by atomic mass is 9.92. The van der Waals surface area contributed by atoms with Crippen molar-refractivity contribution >= 4 is 18.3 Å². The van der Waals surface area contributed by atoms with Gasteiger partial charge in [0.25, 0.3) is 5.91 Å². The zero-order chi connectivity index (χ0) is 14.1. The highest BCUT2D eigenvalue weighted by Gasteiger charge is 2.32. The molecule has 1 aromatic rings. The molecule has 2 atom stereocenters. The number of halogens is 1. The SMILES string of the molecule is CC(C)n1ccc(C(=O)N2CC[C@@H]3CNC[C@@H]3CC2)n1.Cl. The molecular weight excluding hydrogens is 288 g/mol. The molecule has 1 N–H and O–H groups in total. The van der Waals surface area contributed by atoms with Crippen molar-refractivity contribution in [2.75, 3.05) is 26.2 Å². The summed E-state index contributed by atoms with van der Waals surface area (Å²) in [4.78, 5) is 14.5. The van der Waals surface area contributed by atoms with Crippen molar-refractivity contribution in [3.63, 3.8) is 0 Å². The van der Waals surface area contributed by atoms with Gasteiger partial charge in [-0.2, -0.15) is 5.10 Å². The second kappa shape index (κ2) is 6.79. The molecule has 0 saturated carbocycles. The zero-order valence-electron chi connectivity index (χ0n) is 12.8. The standard InChI is InChI=1S/C15H24N4O.ClH/c1-11(2)19-8-5-14(17-19)15(20)18-6-3-12-9-16-10-13(12)4-7-18;/h5,8,11-13,16H,3-4,6-7,9-10H2,1-2H3;1H/t12-,13+;. The molecule has 3 heterocycles. The van der Waals surface area contributed by atoms with E-state index in [-0.39, 0.29) is 18.3 Å². The van der Waals surface area contributed by atoms with Crippen molar-refractivity contribution < 1.29 is 4.79 Å². The molecule has 0 radical (unpaired) electrons. The Balaban J connectivity index is 0.00000161. The van der Waals surface area contributed by atoms with Gasteiger partial charge < -0.3 is 10.2 Å². The van der Waals surface area contributed by atoms with Crippen LogP contribution < -0.4 is 5.32 Å². The molecule has 2 fully saturated rings. The first-order chi connectivity index (χ1) is 9.65. The number of likely N-dealkylation sites (tertiary alicyclic amines) is 1. The molecule has 0 aromatic carbocycles. The summed E-state index contributed by atoms with van der Waals surface area (Å²) in [6.07, 6.45) is 4.14. The van der Waals surface area contributed by atoms with Gasteiger partial charge in [-0.15, -0.1) is 12.4 Å². The second-order valence-corrected chi connectivity index (χ2v) is 6.32. The molecule has 0 unspecified atom stereocenters. The number of hydrogen-bond donors (Lipinski definition) is 1. The molecule has 21 heavy (non-hydrogen) atoms. The molecule has 0 aliphatic carbocycles. The first kappa shape index (κ1) is 16.3. The van der Waals surface area contributed by atoms with Crippen LogP contribution in [0.25, 0.3) is 0 Å². The summed E-state index contributed by atoms with van der Waals surface area (Å²) in [6, 6.07) is 2.14. The predicted molar refractivity (Wildman–Crippen MR) is 84.8 cm³/mol. The number of fused-ring (bicyclic) bond motifs is 1. The largest absolute Gasteiger partial charge is 0.337 e. The Morgan fingerprint density at radius 3 is 2.43 bits per heavy atom. The maximum Gasteiger partial charge on any atom is 0.274 e. The van der Waals surface area contributed by atoms with Crippen molar-refractivity contribution in [2.45, 2.75) is 32.7 Å². The fourth-order valence-corrected chi connectivity index (χ4v) is 3.32. The number of nitrogens with zero attached hydrogens (tertiary/aromatic N) is 3. The maximum atomic E-state index is 12.5. The minimum atomic E-state index is 0. The van der Waals surface area contributed by atoms with Gasteiger partial charge in [-0.05, 0) is 57.7 Å². The Bertz CT molecular complexity index is 474. The molecule has 2 aliphatic heterocycles. The van der Waals surface area contributed by atoms with Crippen molar-refractivity contribution in [3.8, 4) is 0 Å². The third-order valence-electron chi connectivity index (χ3n) is 4.66. The molecule has 1 aromatic heterocycles. The van der Waals surface area contributed by atoms with E-state index in [0.29, 0.717) is 11.7 Å². The number of nitrogens with one attached hydrogen (secondary N) is 1. The zero-order valence-corrected chi connectivity index (χ0v) is 13.6. The summed E-state index contributed by atoms with van der Waals surface area (Å²) in [5.41, 5.74) is 0.587. The molecule has 5 nitrogen and oxygen atoms in total. The van der Waals surface area contributed by atoms with Gasteiger partial charge in [-0.1, -0.05) is 0 Å². The second-order valence-electron chi connectivity index (χ2n) is 6.32. The van der Waals surface area contributed by atoms with Crippen LogP contribution in [0.4, 0.5) is 0 Å². The normalized spacial score (nSPS) is 25.4. The van der Waals surface area contributed by atoms with E-state index in [9.17, 15) is 4.79 Å². The summed E-state index contributed by atoms with van der Waals surface area (Å²) < 4.78 is 1.85. The minimum Gasteiger partial charge on any atom is -0.337 e. The lowest BCUT2D eigenvalue weighted by Gasteiger charge is -2.19. The number of aromatic nitrogens is 2. The maximum absolute atomic E-state index is 12.5. The highest BCUT2D eigenvalue weighted by atomic mass is 35.5. The smallest absolute Gasteiger partial charge is 0.274 e. The summed E-state index contributed by atoms with van der Waals surface area (Å²) in [7, 11) is 0. The number of hydrogen-bond acceptors (Lipinski definition) is 3. The average Bonchev–Trinajstić information content (AvgIpc) is 3.04. The number of carbonyl (C=O) groups is 1. The van der Waals surface area contributed by atoms with Crippen LogP contribution in [0.15, 0.2) is 12.3 Å². The van der Waals surface area contributed by atoms with Gasteiger partial charge in [0.2, 0.25) is 0 Å². The summed E-state index contributed by atoms with van der Waals surface area (Å²) in [5, 5.41) is 7.87. The first-order valence-corrected chi connectivity index (χ1v) is 7.70. The van der Waals surface area contributed by atoms with E-state index in [1.807, 2.05) is 21.8 Å². The van der Waals surface area contributed by atoms with Gasteiger partial charge in [0, 0.05) is 25.3 Å². The van der Waals surface area contributed by atoms with Crippen LogP contribution in [0.1, 0.15) is 43.2 Å². The Morgan fingerprint density at radius 2 is 1.90 bits per heavy atom. The molecule has 1 amide bonds. The molecule has 0 bridgehead atoms. The fourth-order valence-electron chi connectivity index (χ4n) is 3.32. The van der Waals surface area contributed by atoms with E-state index in [4.69, 9.17) is 0 Å². The molecular formula is C15H25ClN4O. The summed E-state index contributed by atoms with van der Waals surface area (Å²) in [5.74, 6) is 1.60. The quantitative estimate of drug-likeness (QED) is 0.908. The third kappa shape index (κ3) is 3.40. The monoisotopic (exact) mass is 312 g/mol. The van der Waals surface area contributed by atoms with E-state index < -0.39 is 0 Å². The highest BCUT2D eigenvalue weighted by Crippen LogP contribution is 2.27. The van der Waals surface area contributed by atoms with Gasteiger partial charge >= 0.3 is 0 Å². The summed E-state index contributed by atoms with van der Waals surface area (Å²) >= 11 is 0. The molecule has 118 valence electrons. The third-order valence-corrected chi connectivity index (χ3v) is 4.66. The van der Waals surface area contributed by atoms with Crippen LogP contribution in [0, 0.1) is 11.8 Å².